The molecule has 0 atom stereocenters. The van der Waals surface area contributed by atoms with Crippen LogP contribution in [0.5, 0.6) is 0 Å². The van der Waals surface area contributed by atoms with E-state index >= 15 is 0 Å². The van der Waals surface area contributed by atoms with Crippen LogP contribution in [0.2, 0.25) is 15.1 Å². The van der Waals surface area contributed by atoms with Crippen LogP contribution >= 0.6 is 34.8 Å². The molecule has 0 aliphatic rings. The van der Waals surface area contributed by atoms with Gasteiger partial charge in [0.1, 0.15) is 35.0 Å². The van der Waals surface area contributed by atoms with Crippen molar-refractivity contribution in [2.45, 2.75) is 34.0 Å². The number of nitrogens with one attached hydrogen (secondary N) is 1. The fraction of sp³-hybridized carbons (Fsp3) is 0.193. The predicted molar refractivity (Wildman–Crippen MR) is 305 cm³/mol. The summed E-state index contributed by atoms with van der Waals surface area (Å²) in [4.78, 5) is 14.5. The highest BCUT2D eigenvalue weighted by molar-refractivity contribution is 6.39. The molecule has 0 aliphatic carbocycles. The molecule has 77 heavy (non-hydrogen) atoms. The third-order valence-electron chi connectivity index (χ3n) is 12.0. The minimum atomic E-state index is -0.143. The van der Waals surface area contributed by atoms with E-state index in [0.717, 1.165) is 56.5 Å². The lowest BCUT2D eigenvalue weighted by Gasteiger charge is -2.10. The van der Waals surface area contributed by atoms with Crippen molar-refractivity contribution < 1.29 is 15.0 Å². The van der Waals surface area contributed by atoms with Crippen LogP contribution in [0.25, 0.3) is 89.4 Å². The van der Waals surface area contributed by atoms with E-state index in [-0.39, 0.29) is 33.1 Å². The molecule has 3 N–H and O–H groups in total. The number of hydrogen-bond acceptors (Lipinski definition) is 13. The number of carbonyl (C=O) groups is 1. The van der Waals surface area contributed by atoms with Gasteiger partial charge >= 0.3 is 0 Å². The first-order valence-corrected chi connectivity index (χ1v) is 25.3. The Balaban J connectivity index is 0.000000155. The summed E-state index contributed by atoms with van der Waals surface area (Å²) in [5, 5.41) is 64.5. The van der Waals surface area contributed by atoms with Gasteiger partial charge in [0.05, 0.1) is 63.2 Å². The molecule has 0 saturated carbocycles. The lowest BCUT2D eigenvalue weighted by atomic mass is 10.1. The Morgan fingerprint density at radius 2 is 0.805 bits per heavy atom. The molecule has 0 unspecified atom stereocenters. The monoisotopic (exact) mass is 1090 g/mol. The molecule has 1 amide bonds. The predicted octanol–water partition coefficient (Wildman–Crippen LogP) is 10.4. The summed E-state index contributed by atoms with van der Waals surface area (Å²) in [5.74, 6) is -0.143. The summed E-state index contributed by atoms with van der Waals surface area (Å²) in [5.41, 5.74) is 10.2. The number of rotatable bonds is 14. The van der Waals surface area contributed by atoms with Crippen LogP contribution in [0.4, 0.5) is 0 Å². The Hall–Kier alpha value is -8.03. The quantitative estimate of drug-likeness (QED) is 0.0929. The summed E-state index contributed by atoms with van der Waals surface area (Å²) >= 11 is 20.0. The first-order valence-electron chi connectivity index (χ1n) is 24.2. The molecule has 0 bridgehead atoms. The number of aryl methyl sites for hydroxylation is 1. The number of halogens is 3. The molecule has 11 aromatic rings. The van der Waals surface area contributed by atoms with Crippen molar-refractivity contribution in [1.82, 2.24) is 70.2 Å². The van der Waals surface area contributed by atoms with Crippen molar-refractivity contribution in [3.8, 4) is 56.3 Å². The molecule has 20 heteroatoms. The van der Waals surface area contributed by atoms with Crippen molar-refractivity contribution in [1.29, 1.82) is 0 Å². The van der Waals surface area contributed by atoms with Gasteiger partial charge in [0.15, 0.2) is 16.9 Å². The van der Waals surface area contributed by atoms with Crippen molar-refractivity contribution >= 4 is 73.8 Å². The second-order valence-electron chi connectivity index (χ2n) is 17.5. The standard InChI is InChI=1S/C23H23ClN6O.C19H15ClN4O.C14H13ClN4O.CH4/c1-29(2)14-13-25-18(31)15-30-23-19(21(28-30)16-9-5-3-6-10-16)20(24)22(26-27-23)17-11-7-4-8-12-17;20-16-15-17(13-7-3-1-4-8-13)23-24(11-12-25)19(15)22-21-18(16)14-9-5-2-6-10-14;1-9-11-12(15)13(10-5-3-2-4-6-10)16-17-14(11)19(18-9)7-8-20;/h3-12H,13-15H2,1-2H3,(H,25,31);1-10,25H,11-12H2;2-6,20H,7-8H2,1H3;1H4. The van der Waals surface area contributed by atoms with E-state index in [1.54, 1.807) is 14.0 Å². The average molecular weight is 1090 g/mol. The Morgan fingerprint density at radius 1 is 0.481 bits per heavy atom. The molecule has 17 nitrogen and oxygen atoms in total. The molecular weight excluding hydrogens is 1040 g/mol. The van der Waals surface area contributed by atoms with Crippen molar-refractivity contribution in [3.63, 3.8) is 0 Å². The topological polar surface area (TPSA) is 204 Å². The highest BCUT2D eigenvalue weighted by Crippen LogP contribution is 2.39. The molecule has 6 aromatic heterocycles. The molecular formula is C57H55Cl3N14O3. The van der Waals surface area contributed by atoms with Gasteiger partial charge in [-0.25, -0.2) is 14.0 Å². The number of likely N-dealkylation sites (N-methyl/N-ethyl adjacent to an activating group) is 1. The maximum Gasteiger partial charge on any atom is 0.241 e. The van der Waals surface area contributed by atoms with E-state index in [9.17, 15) is 9.90 Å². The van der Waals surface area contributed by atoms with Gasteiger partial charge in [-0.3, -0.25) is 4.79 Å². The number of carbonyl (C=O) groups excluding carboxylic acids is 1. The minimum Gasteiger partial charge on any atom is -0.394 e. The van der Waals surface area contributed by atoms with Gasteiger partial charge in [0.2, 0.25) is 5.91 Å². The number of aliphatic hydroxyl groups is 2. The second kappa shape index (κ2) is 25.7. The lowest BCUT2D eigenvalue weighted by Crippen LogP contribution is -2.33. The van der Waals surface area contributed by atoms with Crippen LogP contribution in [0.1, 0.15) is 13.1 Å². The van der Waals surface area contributed by atoms with Crippen LogP contribution in [0.15, 0.2) is 152 Å². The van der Waals surface area contributed by atoms with E-state index < -0.39 is 0 Å². The van der Waals surface area contributed by atoms with Gasteiger partial charge in [-0.05, 0) is 21.0 Å². The van der Waals surface area contributed by atoms with Gasteiger partial charge < -0.3 is 20.4 Å². The summed E-state index contributed by atoms with van der Waals surface area (Å²) in [6.07, 6.45) is 0. The molecule has 0 fully saturated rings. The largest absolute Gasteiger partial charge is 0.394 e. The lowest BCUT2D eigenvalue weighted by molar-refractivity contribution is -0.121. The maximum atomic E-state index is 12.5. The first-order chi connectivity index (χ1) is 37.1. The average Bonchev–Trinajstić information content (AvgIpc) is 4.20. The van der Waals surface area contributed by atoms with Crippen molar-refractivity contribution in [2.24, 2.45) is 0 Å². The van der Waals surface area contributed by atoms with Crippen LogP contribution in [0.3, 0.4) is 0 Å². The zero-order chi connectivity index (χ0) is 53.1. The van der Waals surface area contributed by atoms with Gasteiger partial charge in [0.25, 0.3) is 0 Å². The van der Waals surface area contributed by atoms with Gasteiger partial charge in [-0.1, -0.05) is 194 Å². The number of benzene rings is 5. The molecule has 6 heterocycles. The summed E-state index contributed by atoms with van der Waals surface area (Å²) < 4.78 is 4.83. The number of fused-ring (bicyclic) bond motifs is 3. The number of aromatic nitrogens is 12. The Labute approximate surface area is 459 Å². The van der Waals surface area contributed by atoms with Gasteiger partial charge in [0, 0.05) is 40.9 Å². The van der Waals surface area contributed by atoms with Gasteiger partial charge in [-0.2, -0.15) is 15.3 Å². The summed E-state index contributed by atoms with van der Waals surface area (Å²) in [6, 6.07) is 48.6. The molecule has 0 spiro atoms. The molecule has 0 saturated heterocycles. The van der Waals surface area contributed by atoms with E-state index in [1.807, 2.05) is 178 Å². The molecule has 0 radical (unpaired) electrons. The highest BCUT2D eigenvalue weighted by Gasteiger charge is 2.24. The summed E-state index contributed by atoms with van der Waals surface area (Å²) in [6.45, 7) is 3.89. The van der Waals surface area contributed by atoms with E-state index in [1.165, 1.54) is 0 Å². The van der Waals surface area contributed by atoms with Crippen molar-refractivity contribution in [3.05, 3.63) is 172 Å². The molecule has 0 aliphatic heterocycles. The zero-order valence-corrected chi connectivity index (χ0v) is 43.9. The minimum absolute atomic E-state index is 0. The van der Waals surface area contributed by atoms with E-state index in [2.05, 4.69) is 46.1 Å². The van der Waals surface area contributed by atoms with Crippen molar-refractivity contribution in [2.75, 3.05) is 40.4 Å². The summed E-state index contributed by atoms with van der Waals surface area (Å²) in [7, 11) is 3.92. The van der Waals surface area contributed by atoms with E-state index in [0.29, 0.717) is 79.8 Å². The molecule has 5 aromatic carbocycles. The second-order valence-corrected chi connectivity index (χ2v) is 18.6. The van der Waals surface area contributed by atoms with Crippen LogP contribution in [-0.2, 0) is 24.4 Å². The SMILES string of the molecule is C.CN(C)CCNC(=O)Cn1nc(-c2ccccc2)c2c(Cl)c(-c3ccccc3)nnc21.Cc1nn(CCO)c2nnc(-c3ccccc3)c(Cl)c12.OCCn1nc(-c2ccccc2)c2c(Cl)c(-c3ccccc3)nnc21. The molecule has 392 valence electrons. The normalized spacial score (nSPS) is 11.0. The van der Waals surface area contributed by atoms with Gasteiger partial charge in [-0.15, -0.1) is 30.6 Å². The first kappa shape index (κ1) is 55.2. The third-order valence-corrected chi connectivity index (χ3v) is 13.1. The highest BCUT2D eigenvalue weighted by atomic mass is 35.5. The fourth-order valence-electron chi connectivity index (χ4n) is 8.38. The third kappa shape index (κ3) is 12.3. The van der Waals surface area contributed by atoms with Crippen LogP contribution in [0, 0.1) is 6.92 Å². The van der Waals surface area contributed by atoms with Crippen LogP contribution in [-0.4, -0.2) is 121 Å². The number of aliphatic hydroxyl groups excluding tert-OH is 2. The fourth-order valence-corrected chi connectivity index (χ4v) is 9.39. The van der Waals surface area contributed by atoms with E-state index in [4.69, 9.17) is 45.0 Å². The Morgan fingerprint density at radius 3 is 1.18 bits per heavy atom. The number of hydrogen-bond donors (Lipinski definition) is 3. The Bertz CT molecular complexity index is 3730. The zero-order valence-electron chi connectivity index (χ0n) is 41.6. The van der Waals surface area contributed by atoms with Crippen LogP contribution < -0.4 is 5.32 Å². The number of amides is 1. The number of nitrogens with zero attached hydrogens (tertiary/aromatic N) is 13. The Kier molecular flexibility index (Phi) is 18.4. The maximum absolute atomic E-state index is 12.5. The smallest absolute Gasteiger partial charge is 0.241 e. The molecule has 11 rings (SSSR count).